The van der Waals surface area contributed by atoms with Gasteiger partial charge in [0.15, 0.2) is 0 Å². The van der Waals surface area contributed by atoms with Gasteiger partial charge in [-0.2, -0.15) is 5.10 Å². The molecule has 0 atom stereocenters. The van der Waals surface area contributed by atoms with Gasteiger partial charge in [0.25, 0.3) is 0 Å². The van der Waals surface area contributed by atoms with Crippen LogP contribution in [0.3, 0.4) is 0 Å². The molecule has 0 bridgehead atoms. The van der Waals surface area contributed by atoms with E-state index in [-0.39, 0.29) is 18.1 Å². The lowest BCUT2D eigenvalue weighted by Gasteiger charge is -2.06. The Morgan fingerprint density at radius 2 is 2.33 bits per heavy atom. The molecule has 1 heterocycles. The summed E-state index contributed by atoms with van der Waals surface area (Å²) in [5.41, 5.74) is 5.87. The molecule has 0 aliphatic rings. The third-order valence-electron chi connectivity index (χ3n) is 2.19. The molecule has 94 valence electrons. The van der Waals surface area contributed by atoms with E-state index in [0.29, 0.717) is 5.69 Å². The van der Waals surface area contributed by atoms with Crippen molar-refractivity contribution in [2.24, 2.45) is 0 Å². The number of nitrogens with one attached hydrogen (secondary N) is 1. The highest BCUT2D eigenvalue weighted by Crippen LogP contribution is 2.16. The van der Waals surface area contributed by atoms with Crippen molar-refractivity contribution in [3.8, 4) is 0 Å². The summed E-state index contributed by atoms with van der Waals surface area (Å²) in [5.74, 6) is -0.755. The number of amides is 1. The molecular weight excluding hydrogens is 350 g/mol. The minimum absolute atomic E-state index is 0.00133. The van der Waals surface area contributed by atoms with Crippen molar-refractivity contribution in [1.29, 1.82) is 0 Å². The minimum Gasteiger partial charge on any atom is -0.396 e. The van der Waals surface area contributed by atoms with Gasteiger partial charge in [0.05, 0.1) is 15.5 Å². The molecule has 1 amide bonds. The van der Waals surface area contributed by atoms with Crippen LogP contribution in [-0.4, -0.2) is 15.7 Å². The summed E-state index contributed by atoms with van der Waals surface area (Å²) in [6.07, 6.45) is 3.41. The van der Waals surface area contributed by atoms with Gasteiger partial charge in [-0.1, -0.05) is 0 Å². The Hall–Kier alpha value is -1.64. The Morgan fingerprint density at radius 1 is 1.56 bits per heavy atom. The number of rotatable bonds is 3. The standard InChI is InChI=1S/C11H10FIN4O/c12-9-2-1-8(3-10(9)14)16-11(18)6-17-5-7(13)4-15-17/h1-5H,6,14H2,(H,16,18). The SMILES string of the molecule is Nc1cc(NC(=O)Cn2cc(I)cn2)ccc1F. The number of nitrogen functional groups attached to an aromatic ring is 1. The van der Waals surface area contributed by atoms with Crippen LogP contribution < -0.4 is 11.1 Å². The Morgan fingerprint density at radius 3 is 2.94 bits per heavy atom. The van der Waals surface area contributed by atoms with Gasteiger partial charge in [-0.15, -0.1) is 0 Å². The highest BCUT2D eigenvalue weighted by atomic mass is 127. The van der Waals surface area contributed by atoms with Crippen LogP contribution in [0.25, 0.3) is 0 Å². The molecule has 5 nitrogen and oxygen atoms in total. The van der Waals surface area contributed by atoms with Gasteiger partial charge in [-0.25, -0.2) is 4.39 Å². The molecule has 0 radical (unpaired) electrons. The summed E-state index contributed by atoms with van der Waals surface area (Å²) < 4.78 is 15.4. The first-order chi connectivity index (χ1) is 8.54. The topological polar surface area (TPSA) is 72.9 Å². The van der Waals surface area contributed by atoms with E-state index in [1.807, 2.05) is 0 Å². The molecule has 0 unspecified atom stereocenters. The minimum atomic E-state index is -0.505. The van der Waals surface area contributed by atoms with E-state index in [1.54, 1.807) is 12.4 Å². The third kappa shape index (κ3) is 3.19. The average molecular weight is 360 g/mol. The lowest BCUT2D eigenvalue weighted by Crippen LogP contribution is -2.19. The molecule has 3 N–H and O–H groups in total. The predicted octanol–water partition coefficient (Wildman–Crippen LogP) is 1.85. The van der Waals surface area contributed by atoms with E-state index in [4.69, 9.17) is 5.73 Å². The van der Waals surface area contributed by atoms with Gasteiger partial charge >= 0.3 is 0 Å². The zero-order valence-electron chi connectivity index (χ0n) is 9.23. The van der Waals surface area contributed by atoms with Gasteiger partial charge in [0.1, 0.15) is 12.4 Å². The molecular formula is C11H10FIN4O. The molecule has 0 fully saturated rings. The molecule has 1 aromatic carbocycles. The van der Waals surface area contributed by atoms with Gasteiger partial charge in [0, 0.05) is 11.9 Å². The van der Waals surface area contributed by atoms with Crippen LogP contribution in [-0.2, 0) is 11.3 Å². The number of anilines is 2. The Bertz CT molecular complexity index is 584. The van der Waals surface area contributed by atoms with E-state index in [2.05, 4.69) is 33.0 Å². The van der Waals surface area contributed by atoms with Crippen LogP contribution in [0, 0.1) is 9.39 Å². The first kappa shape index (κ1) is 12.8. The maximum Gasteiger partial charge on any atom is 0.246 e. The molecule has 7 heteroatoms. The van der Waals surface area contributed by atoms with E-state index in [1.165, 1.54) is 22.9 Å². The number of carbonyl (C=O) groups is 1. The van der Waals surface area contributed by atoms with Gasteiger partial charge in [-0.05, 0) is 40.8 Å². The van der Waals surface area contributed by atoms with Crippen LogP contribution in [0.4, 0.5) is 15.8 Å². The largest absolute Gasteiger partial charge is 0.396 e. The summed E-state index contributed by atoms with van der Waals surface area (Å²) in [5, 5.41) is 6.61. The molecule has 2 rings (SSSR count). The van der Waals surface area contributed by atoms with E-state index in [0.717, 1.165) is 3.57 Å². The Kier molecular flexibility index (Phi) is 3.80. The van der Waals surface area contributed by atoms with E-state index < -0.39 is 5.82 Å². The summed E-state index contributed by atoms with van der Waals surface area (Å²) in [4.78, 5) is 11.7. The molecule has 18 heavy (non-hydrogen) atoms. The average Bonchev–Trinajstić information content (AvgIpc) is 2.69. The Labute approximate surface area is 116 Å². The quantitative estimate of drug-likeness (QED) is 0.648. The van der Waals surface area contributed by atoms with Crippen molar-refractivity contribution >= 4 is 39.9 Å². The molecule has 2 aromatic rings. The zero-order chi connectivity index (χ0) is 13.1. The van der Waals surface area contributed by atoms with E-state index >= 15 is 0 Å². The Balaban J connectivity index is 2.00. The van der Waals surface area contributed by atoms with Crippen LogP contribution in [0.2, 0.25) is 0 Å². The second-order valence-electron chi connectivity index (χ2n) is 3.64. The number of benzene rings is 1. The summed E-state index contributed by atoms with van der Waals surface area (Å²) in [7, 11) is 0. The molecule has 0 saturated carbocycles. The first-order valence-electron chi connectivity index (χ1n) is 5.07. The number of nitrogens with two attached hydrogens (primary N) is 1. The highest BCUT2D eigenvalue weighted by Gasteiger charge is 2.06. The van der Waals surface area contributed by atoms with Crippen molar-refractivity contribution in [3.05, 3.63) is 40.0 Å². The summed E-state index contributed by atoms with van der Waals surface area (Å²) in [6, 6.07) is 4.04. The molecule has 0 aliphatic carbocycles. The maximum atomic E-state index is 12.9. The fourth-order valence-corrected chi connectivity index (χ4v) is 1.84. The first-order valence-corrected chi connectivity index (χ1v) is 6.15. The highest BCUT2D eigenvalue weighted by molar-refractivity contribution is 14.1. The normalized spacial score (nSPS) is 10.3. The zero-order valence-corrected chi connectivity index (χ0v) is 11.4. The fourth-order valence-electron chi connectivity index (χ4n) is 1.39. The van der Waals surface area contributed by atoms with Crippen LogP contribution in [0.1, 0.15) is 0 Å². The van der Waals surface area contributed by atoms with Crippen LogP contribution in [0.5, 0.6) is 0 Å². The number of nitrogens with zero attached hydrogens (tertiary/aromatic N) is 2. The monoisotopic (exact) mass is 360 g/mol. The van der Waals surface area contributed by atoms with Crippen molar-refractivity contribution < 1.29 is 9.18 Å². The van der Waals surface area contributed by atoms with Crippen molar-refractivity contribution in [2.45, 2.75) is 6.54 Å². The maximum absolute atomic E-state index is 12.9. The second-order valence-corrected chi connectivity index (χ2v) is 4.89. The van der Waals surface area contributed by atoms with Gasteiger partial charge in [0.2, 0.25) is 5.91 Å². The van der Waals surface area contributed by atoms with Crippen molar-refractivity contribution in [2.75, 3.05) is 11.1 Å². The van der Waals surface area contributed by atoms with Crippen molar-refractivity contribution in [3.63, 3.8) is 0 Å². The lowest BCUT2D eigenvalue weighted by atomic mass is 10.2. The molecule has 1 aromatic heterocycles. The third-order valence-corrected chi connectivity index (χ3v) is 2.74. The molecule has 0 saturated heterocycles. The smallest absolute Gasteiger partial charge is 0.246 e. The molecule has 0 aliphatic heterocycles. The summed E-state index contributed by atoms with van der Waals surface area (Å²) in [6.45, 7) is 0.0975. The van der Waals surface area contributed by atoms with Crippen LogP contribution >= 0.6 is 22.6 Å². The predicted molar refractivity (Wildman–Crippen MR) is 74.4 cm³/mol. The van der Waals surface area contributed by atoms with Crippen LogP contribution in [0.15, 0.2) is 30.6 Å². The summed E-state index contributed by atoms with van der Waals surface area (Å²) >= 11 is 2.11. The lowest BCUT2D eigenvalue weighted by molar-refractivity contribution is -0.116. The van der Waals surface area contributed by atoms with E-state index in [9.17, 15) is 9.18 Å². The van der Waals surface area contributed by atoms with Gasteiger partial charge in [-0.3, -0.25) is 9.48 Å². The second kappa shape index (κ2) is 5.34. The number of carbonyl (C=O) groups excluding carboxylic acids is 1. The number of halogens is 2. The van der Waals surface area contributed by atoms with Crippen molar-refractivity contribution in [1.82, 2.24) is 9.78 Å². The molecule has 0 spiro atoms. The number of hydrogen-bond donors (Lipinski definition) is 2. The number of aromatic nitrogens is 2. The fraction of sp³-hybridized carbons (Fsp3) is 0.0909. The van der Waals surface area contributed by atoms with Gasteiger partial charge < -0.3 is 11.1 Å². The number of hydrogen-bond acceptors (Lipinski definition) is 3.